The van der Waals surface area contributed by atoms with Crippen molar-refractivity contribution in [2.45, 2.75) is 39.4 Å². The molecule has 1 atom stereocenters. The van der Waals surface area contributed by atoms with Crippen molar-refractivity contribution in [2.24, 2.45) is 11.3 Å². The Kier molecular flexibility index (Phi) is 2.44. The van der Waals surface area contributed by atoms with Crippen LogP contribution in [0.1, 0.15) is 33.6 Å². The summed E-state index contributed by atoms with van der Waals surface area (Å²) < 4.78 is 11.4. The summed E-state index contributed by atoms with van der Waals surface area (Å²) in [6.45, 7) is 8.35. The van der Waals surface area contributed by atoms with E-state index < -0.39 is 0 Å². The van der Waals surface area contributed by atoms with Gasteiger partial charge in [-0.05, 0) is 23.8 Å². The first-order valence-corrected chi connectivity index (χ1v) is 5.47. The van der Waals surface area contributed by atoms with Crippen molar-refractivity contribution in [1.29, 1.82) is 0 Å². The van der Waals surface area contributed by atoms with E-state index in [9.17, 15) is 0 Å². The normalized spacial score (nSPS) is 31.2. The Morgan fingerprint density at radius 1 is 1.21 bits per heavy atom. The maximum absolute atomic E-state index is 5.70. The van der Waals surface area contributed by atoms with Crippen LogP contribution in [-0.4, -0.2) is 19.0 Å². The molecule has 1 saturated heterocycles. The summed E-state index contributed by atoms with van der Waals surface area (Å²) >= 11 is 0. The van der Waals surface area contributed by atoms with Crippen molar-refractivity contribution in [3.8, 4) is 0 Å². The van der Waals surface area contributed by atoms with Crippen LogP contribution < -0.4 is 0 Å². The topological polar surface area (TPSA) is 18.5 Å². The second-order valence-electron chi connectivity index (χ2n) is 5.41. The highest BCUT2D eigenvalue weighted by Crippen LogP contribution is 2.42. The van der Waals surface area contributed by atoms with E-state index in [4.69, 9.17) is 9.47 Å². The molecule has 2 nitrogen and oxygen atoms in total. The average Bonchev–Trinajstić information content (AvgIpc) is 2.52. The second kappa shape index (κ2) is 3.35. The lowest BCUT2D eigenvalue weighted by Crippen LogP contribution is -2.37. The van der Waals surface area contributed by atoms with Crippen LogP contribution in [0.25, 0.3) is 0 Å². The molecule has 1 fully saturated rings. The number of rotatable bonds is 0. The predicted molar refractivity (Wildman–Crippen MR) is 56.0 cm³/mol. The van der Waals surface area contributed by atoms with Crippen molar-refractivity contribution in [3.05, 3.63) is 12.2 Å². The molecule has 0 unspecified atom stereocenters. The third kappa shape index (κ3) is 1.86. The largest absolute Gasteiger partial charge is 0.344 e. The molecular weight excluding hydrogens is 176 g/mol. The SMILES string of the molecule is CC(C)(C)[C@H]1CC=CC2(C1)OCCO2. The van der Waals surface area contributed by atoms with Gasteiger partial charge in [-0.3, -0.25) is 0 Å². The van der Waals surface area contributed by atoms with Crippen LogP contribution >= 0.6 is 0 Å². The Labute approximate surface area is 86.3 Å². The van der Waals surface area contributed by atoms with Gasteiger partial charge in [-0.1, -0.05) is 26.8 Å². The van der Waals surface area contributed by atoms with E-state index in [0.29, 0.717) is 11.3 Å². The summed E-state index contributed by atoms with van der Waals surface area (Å²) in [6.07, 6.45) is 6.47. The Bertz CT molecular complexity index is 231. The zero-order valence-corrected chi connectivity index (χ0v) is 9.38. The van der Waals surface area contributed by atoms with Crippen LogP contribution in [0.15, 0.2) is 12.2 Å². The highest BCUT2D eigenvalue weighted by atomic mass is 16.7. The maximum atomic E-state index is 5.70. The van der Waals surface area contributed by atoms with E-state index >= 15 is 0 Å². The van der Waals surface area contributed by atoms with Gasteiger partial charge in [-0.15, -0.1) is 0 Å². The number of ether oxygens (including phenoxy) is 2. The van der Waals surface area contributed by atoms with E-state index in [1.165, 1.54) is 0 Å². The minimum absolute atomic E-state index is 0.340. The molecule has 1 aliphatic carbocycles. The third-order valence-electron chi connectivity index (χ3n) is 3.32. The molecule has 0 bridgehead atoms. The lowest BCUT2D eigenvalue weighted by Gasteiger charge is -2.38. The molecule has 2 heteroatoms. The van der Waals surface area contributed by atoms with Gasteiger partial charge >= 0.3 is 0 Å². The van der Waals surface area contributed by atoms with Gasteiger partial charge in [0.2, 0.25) is 0 Å². The second-order valence-corrected chi connectivity index (χ2v) is 5.41. The molecule has 14 heavy (non-hydrogen) atoms. The highest BCUT2D eigenvalue weighted by molar-refractivity contribution is 5.06. The third-order valence-corrected chi connectivity index (χ3v) is 3.32. The minimum Gasteiger partial charge on any atom is -0.344 e. The zero-order valence-electron chi connectivity index (χ0n) is 9.38. The van der Waals surface area contributed by atoms with Crippen molar-refractivity contribution >= 4 is 0 Å². The van der Waals surface area contributed by atoms with Gasteiger partial charge in [0.15, 0.2) is 5.79 Å². The molecule has 0 aromatic rings. The Balaban J connectivity index is 2.11. The molecule has 2 rings (SSSR count). The maximum Gasteiger partial charge on any atom is 0.188 e. The molecule has 0 amide bonds. The molecule has 0 saturated carbocycles. The smallest absolute Gasteiger partial charge is 0.188 e. The molecule has 1 spiro atoms. The molecule has 0 N–H and O–H groups in total. The van der Waals surface area contributed by atoms with Gasteiger partial charge in [0.05, 0.1) is 13.2 Å². The first-order valence-electron chi connectivity index (χ1n) is 5.47. The van der Waals surface area contributed by atoms with Gasteiger partial charge < -0.3 is 9.47 Å². The summed E-state index contributed by atoms with van der Waals surface area (Å²) in [7, 11) is 0. The first kappa shape index (κ1) is 10.2. The van der Waals surface area contributed by atoms with Crippen LogP contribution in [0.3, 0.4) is 0 Å². The van der Waals surface area contributed by atoms with Gasteiger partial charge in [-0.2, -0.15) is 0 Å². The Morgan fingerprint density at radius 2 is 1.86 bits per heavy atom. The molecule has 1 heterocycles. The molecule has 2 aliphatic rings. The first-order chi connectivity index (χ1) is 6.52. The van der Waals surface area contributed by atoms with Gasteiger partial charge in [0.25, 0.3) is 0 Å². The van der Waals surface area contributed by atoms with E-state index in [0.717, 1.165) is 26.1 Å². The predicted octanol–water partition coefficient (Wildman–Crippen LogP) is 2.74. The van der Waals surface area contributed by atoms with Crippen molar-refractivity contribution in [2.75, 3.05) is 13.2 Å². The highest BCUT2D eigenvalue weighted by Gasteiger charge is 2.41. The Hall–Kier alpha value is -0.340. The molecule has 0 radical (unpaired) electrons. The van der Waals surface area contributed by atoms with E-state index in [1.54, 1.807) is 0 Å². The molecule has 80 valence electrons. The molecule has 0 aromatic carbocycles. The number of hydrogen-bond acceptors (Lipinski definition) is 2. The fourth-order valence-corrected chi connectivity index (χ4v) is 2.25. The monoisotopic (exact) mass is 196 g/mol. The zero-order chi connectivity index (χ0) is 10.2. The Morgan fingerprint density at radius 3 is 2.43 bits per heavy atom. The van der Waals surface area contributed by atoms with Gasteiger partial charge in [0, 0.05) is 6.42 Å². The summed E-state index contributed by atoms with van der Waals surface area (Å²) in [6, 6.07) is 0. The van der Waals surface area contributed by atoms with Gasteiger partial charge in [0.1, 0.15) is 0 Å². The summed E-state index contributed by atoms with van der Waals surface area (Å²) in [5, 5.41) is 0. The van der Waals surface area contributed by atoms with Crippen LogP contribution in [-0.2, 0) is 9.47 Å². The van der Waals surface area contributed by atoms with Crippen LogP contribution in [0.4, 0.5) is 0 Å². The van der Waals surface area contributed by atoms with Crippen molar-refractivity contribution in [1.82, 2.24) is 0 Å². The van der Waals surface area contributed by atoms with Gasteiger partial charge in [-0.25, -0.2) is 0 Å². The standard InChI is InChI=1S/C12H20O2/c1-11(2,3)10-5-4-6-12(9-10)13-7-8-14-12/h4,6,10H,5,7-9H2,1-3H3/t10-/m0/s1. The summed E-state index contributed by atoms with van der Waals surface area (Å²) in [5.74, 6) is 0.279. The lowest BCUT2D eigenvalue weighted by atomic mass is 9.73. The van der Waals surface area contributed by atoms with Crippen LogP contribution in [0.2, 0.25) is 0 Å². The van der Waals surface area contributed by atoms with Crippen LogP contribution in [0.5, 0.6) is 0 Å². The van der Waals surface area contributed by atoms with E-state index in [1.807, 2.05) is 0 Å². The summed E-state index contributed by atoms with van der Waals surface area (Å²) in [5.41, 5.74) is 0.340. The van der Waals surface area contributed by atoms with Crippen LogP contribution in [0, 0.1) is 11.3 Å². The van der Waals surface area contributed by atoms with Crippen molar-refractivity contribution in [3.63, 3.8) is 0 Å². The molecule has 1 aliphatic heterocycles. The fourth-order valence-electron chi connectivity index (χ4n) is 2.25. The fraction of sp³-hybridized carbons (Fsp3) is 0.833. The molecule has 0 aromatic heterocycles. The molecular formula is C12H20O2. The van der Waals surface area contributed by atoms with Crippen molar-refractivity contribution < 1.29 is 9.47 Å². The number of allylic oxidation sites excluding steroid dienone is 1. The van der Waals surface area contributed by atoms with E-state index in [2.05, 4.69) is 32.9 Å². The average molecular weight is 196 g/mol. The quantitative estimate of drug-likeness (QED) is 0.555. The lowest BCUT2D eigenvalue weighted by molar-refractivity contribution is -0.141. The van der Waals surface area contributed by atoms with E-state index in [-0.39, 0.29) is 5.79 Å². The summed E-state index contributed by atoms with van der Waals surface area (Å²) in [4.78, 5) is 0. The number of hydrogen-bond donors (Lipinski definition) is 0. The minimum atomic E-state index is -0.379.